The van der Waals surface area contributed by atoms with Crippen LogP contribution in [0.1, 0.15) is 34.3 Å². The smallest absolute Gasteiger partial charge is 0.256 e. The molecule has 0 aliphatic heterocycles. The van der Waals surface area contributed by atoms with E-state index in [0.717, 1.165) is 12.8 Å². The molecule has 1 aromatic heterocycles. The highest BCUT2D eigenvalue weighted by Crippen LogP contribution is 2.22. The fourth-order valence-corrected chi connectivity index (χ4v) is 2.39. The number of benzene rings is 1. The van der Waals surface area contributed by atoms with Gasteiger partial charge in [0.15, 0.2) is 0 Å². The molecule has 1 amide bonds. The average Bonchev–Trinajstić information content (AvgIpc) is 2.91. The minimum Gasteiger partial charge on any atom is -0.307 e. The molecule has 1 aliphatic rings. The summed E-state index contributed by atoms with van der Waals surface area (Å²) in [4.78, 5) is 12.0. The Morgan fingerprint density at radius 3 is 2.78 bits per heavy atom. The summed E-state index contributed by atoms with van der Waals surface area (Å²) in [6.07, 6.45) is 6.31. The molecule has 4 nitrogen and oxygen atoms in total. The van der Waals surface area contributed by atoms with Gasteiger partial charge in [-0.05, 0) is 48.9 Å². The van der Waals surface area contributed by atoms with Gasteiger partial charge in [-0.3, -0.25) is 9.89 Å². The summed E-state index contributed by atoms with van der Waals surface area (Å²) in [5.41, 5.74) is 3.42. The number of hydrogen-bond donors (Lipinski definition) is 2. The molecule has 0 atom stereocenters. The summed E-state index contributed by atoms with van der Waals surface area (Å²) in [5.74, 6) is 0.533. The number of nitrogens with one attached hydrogen (secondary N) is 2. The Kier molecular flexibility index (Phi) is 2.84. The van der Waals surface area contributed by atoms with Gasteiger partial charge in [-0.25, -0.2) is 0 Å². The Balaban J connectivity index is 1.81. The topological polar surface area (TPSA) is 57.8 Å². The molecule has 2 aromatic rings. The summed E-state index contributed by atoms with van der Waals surface area (Å²) in [5, 5.41) is 9.31. The summed E-state index contributed by atoms with van der Waals surface area (Å²) in [6, 6.07) is 7.72. The number of hydrogen-bond acceptors (Lipinski definition) is 2. The SMILES string of the molecule is O=C(Nc1ccn[nH]1)c1ccc2c(c1)CCCC2. The molecule has 1 aromatic carbocycles. The Morgan fingerprint density at radius 1 is 1.17 bits per heavy atom. The van der Waals surface area contributed by atoms with E-state index in [-0.39, 0.29) is 5.91 Å². The van der Waals surface area contributed by atoms with Gasteiger partial charge >= 0.3 is 0 Å². The van der Waals surface area contributed by atoms with Crippen LogP contribution in [0.25, 0.3) is 0 Å². The highest BCUT2D eigenvalue weighted by Gasteiger charge is 2.13. The Bertz CT molecular complexity index is 560. The van der Waals surface area contributed by atoms with Crippen LogP contribution in [-0.4, -0.2) is 16.1 Å². The standard InChI is InChI=1S/C14H15N3O/c18-14(16-13-7-8-15-17-13)12-6-5-10-3-1-2-4-11(10)9-12/h5-9H,1-4H2,(H2,15,16,17,18). The number of aromatic amines is 1. The quantitative estimate of drug-likeness (QED) is 0.848. The molecule has 92 valence electrons. The maximum Gasteiger partial charge on any atom is 0.256 e. The van der Waals surface area contributed by atoms with E-state index in [1.54, 1.807) is 12.3 Å². The number of H-pyrrole nitrogens is 1. The van der Waals surface area contributed by atoms with Crippen molar-refractivity contribution in [3.05, 3.63) is 47.2 Å². The second-order valence-electron chi connectivity index (χ2n) is 4.62. The Hall–Kier alpha value is -2.10. The largest absolute Gasteiger partial charge is 0.307 e. The molecule has 1 aliphatic carbocycles. The molecule has 3 rings (SSSR count). The molecule has 0 saturated heterocycles. The van der Waals surface area contributed by atoms with Crippen LogP contribution in [0.2, 0.25) is 0 Å². The van der Waals surface area contributed by atoms with Gasteiger partial charge in [0.1, 0.15) is 5.82 Å². The molecular formula is C14H15N3O. The van der Waals surface area contributed by atoms with Crippen molar-refractivity contribution in [3.8, 4) is 0 Å². The van der Waals surface area contributed by atoms with E-state index in [0.29, 0.717) is 11.4 Å². The Morgan fingerprint density at radius 2 is 2.00 bits per heavy atom. The van der Waals surface area contributed by atoms with E-state index < -0.39 is 0 Å². The van der Waals surface area contributed by atoms with E-state index in [4.69, 9.17) is 0 Å². The lowest BCUT2D eigenvalue weighted by Crippen LogP contribution is -2.13. The summed E-state index contributed by atoms with van der Waals surface area (Å²) in [7, 11) is 0. The second-order valence-corrected chi connectivity index (χ2v) is 4.62. The number of carbonyl (C=O) groups is 1. The van der Waals surface area contributed by atoms with E-state index in [1.807, 2.05) is 12.1 Å². The van der Waals surface area contributed by atoms with Crippen molar-refractivity contribution in [2.45, 2.75) is 25.7 Å². The summed E-state index contributed by atoms with van der Waals surface area (Å²) >= 11 is 0. The molecule has 0 bridgehead atoms. The van der Waals surface area contributed by atoms with Crippen LogP contribution in [0.4, 0.5) is 5.82 Å². The van der Waals surface area contributed by atoms with E-state index >= 15 is 0 Å². The third-order valence-corrected chi connectivity index (χ3v) is 3.36. The van der Waals surface area contributed by atoms with Crippen molar-refractivity contribution in [1.82, 2.24) is 10.2 Å². The van der Waals surface area contributed by atoms with Crippen LogP contribution in [0.5, 0.6) is 0 Å². The number of fused-ring (bicyclic) bond motifs is 1. The molecule has 4 heteroatoms. The van der Waals surface area contributed by atoms with Gasteiger partial charge in [-0.1, -0.05) is 6.07 Å². The van der Waals surface area contributed by atoms with E-state index in [1.165, 1.54) is 24.0 Å². The van der Waals surface area contributed by atoms with Crippen LogP contribution in [0.3, 0.4) is 0 Å². The average molecular weight is 241 g/mol. The van der Waals surface area contributed by atoms with Gasteiger partial charge < -0.3 is 5.32 Å². The van der Waals surface area contributed by atoms with Crippen LogP contribution in [-0.2, 0) is 12.8 Å². The van der Waals surface area contributed by atoms with Gasteiger partial charge in [-0.15, -0.1) is 0 Å². The first-order chi connectivity index (χ1) is 8.83. The van der Waals surface area contributed by atoms with Crippen molar-refractivity contribution in [3.63, 3.8) is 0 Å². The molecule has 18 heavy (non-hydrogen) atoms. The number of aromatic nitrogens is 2. The third-order valence-electron chi connectivity index (χ3n) is 3.36. The zero-order valence-electron chi connectivity index (χ0n) is 10.1. The highest BCUT2D eigenvalue weighted by molar-refractivity contribution is 6.03. The third kappa shape index (κ3) is 2.14. The molecule has 0 saturated carbocycles. The molecule has 0 spiro atoms. The van der Waals surface area contributed by atoms with Crippen LogP contribution in [0.15, 0.2) is 30.5 Å². The van der Waals surface area contributed by atoms with Gasteiger partial charge in [0.05, 0.1) is 6.20 Å². The number of amides is 1. The van der Waals surface area contributed by atoms with Crippen LogP contribution < -0.4 is 5.32 Å². The minimum absolute atomic E-state index is 0.0902. The maximum atomic E-state index is 12.0. The lowest BCUT2D eigenvalue weighted by molar-refractivity contribution is 0.102. The van der Waals surface area contributed by atoms with Gasteiger partial charge in [0.2, 0.25) is 0 Å². The highest BCUT2D eigenvalue weighted by atomic mass is 16.1. The maximum absolute atomic E-state index is 12.0. The van der Waals surface area contributed by atoms with Gasteiger partial charge in [0, 0.05) is 11.6 Å². The summed E-state index contributed by atoms with van der Waals surface area (Å²) < 4.78 is 0. The lowest BCUT2D eigenvalue weighted by atomic mass is 9.90. The fraction of sp³-hybridized carbons (Fsp3) is 0.286. The molecule has 0 fully saturated rings. The number of nitrogens with zero attached hydrogens (tertiary/aromatic N) is 1. The first kappa shape index (κ1) is 11.0. The molecule has 2 N–H and O–H groups in total. The van der Waals surface area contributed by atoms with Crippen molar-refractivity contribution < 1.29 is 4.79 Å². The number of carbonyl (C=O) groups excluding carboxylic acids is 1. The van der Waals surface area contributed by atoms with Gasteiger partial charge in [0.25, 0.3) is 5.91 Å². The zero-order valence-corrected chi connectivity index (χ0v) is 10.1. The molecule has 0 radical (unpaired) electrons. The molecule has 0 unspecified atom stereocenters. The lowest BCUT2D eigenvalue weighted by Gasteiger charge is -2.16. The van der Waals surface area contributed by atoms with Gasteiger partial charge in [-0.2, -0.15) is 5.10 Å². The predicted molar refractivity (Wildman–Crippen MR) is 69.6 cm³/mol. The molecule has 1 heterocycles. The Labute approximate surface area is 105 Å². The minimum atomic E-state index is -0.0902. The van der Waals surface area contributed by atoms with Crippen molar-refractivity contribution in [2.24, 2.45) is 0 Å². The van der Waals surface area contributed by atoms with E-state index in [9.17, 15) is 4.79 Å². The molecular weight excluding hydrogens is 226 g/mol. The van der Waals surface area contributed by atoms with Crippen molar-refractivity contribution in [1.29, 1.82) is 0 Å². The second kappa shape index (κ2) is 4.64. The van der Waals surface area contributed by atoms with Crippen LogP contribution in [0, 0.1) is 0 Å². The summed E-state index contributed by atoms with van der Waals surface area (Å²) in [6.45, 7) is 0. The zero-order chi connectivity index (χ0) is 12.4. The first-order valence-corrected chi connectivity index (χ1v) is 6.25. The van der Waals surface area contributed by atoms with E-state index in [2.05, 4.69) is 21.6 Å². The van der Waals surface area contributed by atoms with Crippen LogP contribution >= 0.6 is 0 Å². The van der Waals surface area contributed by atoms with Crippen molar-refractivity contribution in [2.75, 3.05) is 5.32 Å². The van der Waals surface area contributed by atoms with Crippen molar-refractivity contribution >= 4 is 11.7 Å². The number of anilines is 1. The normalized spacial score (nSPS) is 14.0. The number of aryl methyl sites for hydroxylation is 2. The predicted octanol–water partition coefficient (Wildman–Crippen LogP) is 2.54. The first-order valence-electron chi connectivity index (χ1n) is 6.25. The fourth-order valence-electron chi connectivity index (χ4n) is 2.39. The number of rotatable bonds is 2. The monoisotopic (exact) mass is 241 g/mol.